The van der Waals surface area contributed by atoms with E-state index in [9.17, 15) is 14.4 Å². The molecule has 0 aliphatic rings. The molecule has 2 rings (SSSR count). The molecule has 0 saturated heterocycles. The van der Waals surface area contributed by atoms with Crippen molar-refractivity contribution in [1.82, 2.24) is 9.55 Å². The molecule has 0 radical (unpaired) electrons. The van der Waals surface area contributed by atoms with Gasteiger partial charge in [-0.15, -0.1) is 11.3 Å². The number of carboxylic acids is 1. The van der Waals surface area contributed by atoms with E-state index in [1.54, 1.807) is 13.0 Å². The van der Waals surface area contributed by atoms with E-state index in [-0.39, 0.29) is 6.42 Å². The van der Waals surface area contributed by atoms with E-state index in [4.69, 9.17) is 5.11 Å². The average molecular weight is 296 g/mol. The second-order valence-corrected chi connectivity index (χ2v) is 5.71. The Bertz CT molecular complexity index is 756. The van der Waals surface area contributed by atoms with Crippen LogP contribution >= 0.6 is 11.3 Å². The van der Waals surface area contributed by atoms with Crippen LogP contribution in [0.2, 0.25) is 0 Å². The lowest BCUT2D eigenvalue weighted by atomic mass is 10.2. The third kappa shape index (κ3) is 2.40. The molecule has 0 fully saturated rings. The summed E-state index contributed by atoms with van der Waals surface area (Å²) in [5.74, 6) is -1.18. The molecule has 2 aromatic heterocycles. The molecule has 2 heterocycles. The van der Waals surface area contributed by atoms with Gasteiger partial charge >= 0.3 is 11.7 Å². The van der Waals surface area contributed by atoms with Crippen molar-refractivity contribution in [3.05, 3.63) is 31.8 Å². The molecule has 2 N–H and O–H groups in total. The van der Waals surface area contributed by atoms with Crippen LogP contribution in [0.15, 0.2) is 15.7 Å². The largest absolute Gasteiger partial charge is 0.480 e. The molecule has 0 aromatic carbocycles. The summed E-state index contributed by atoms with van der Waals surface area (Å²) < 4.78 is 0.799. The summed E-state index contributed by atoms with van der Waals surface area (Å²) in [6, 6.07) is 0.609. The Labute approximate surface area is 118 Å². The smallest absolute Gasteiger partial charge is 0.330 e. The molecular formula is C13H16N2O4S. The molecule has 0 amide bonds. The molecule has 6 nitrogen and oxygen atoms in total. The van der Waals surface area contributed by atoms with Gasteiger partial charge in [0.1, 0.15) is 10.9 Å². The van der Waals surface area contributed by atoms with E-state index in [0.717, 1.165) is 22.3 Å². The Hall–Kier alpha value is -1.89. The highest BCUT2D eigenvalue weighted by Gasteiger charge is 2.23. The first-order valence-electron chi connectivity index (χ1n) is 6.49. The molecular weight excluding hydrogens is 280 g/mol. The standard InChI is InChI=1S/C13H16N2O4S/c1-3-5-7-6-8-10(20-7)14-13(19)15(11(8)16)9(4-2)12(17)18/h6,9H,3-5H2,1-2H3,(H,14,19)(H,17,18). The van der Waals surface area contributed by atoms with E-state index in [1.807, 2.05) is 6.92 Å². The lowest BCUT2D eigenvalue weighted by Crippen LogP contribution is -2.40. The zero-order valence-electron chi connectivity index (χ0n) is 11.3. The SMILES string of the molecule is CCCc1cc2c(=O)n(C(CC)C(=O)O)c(=O)[nH]c2s1. The van der Waals surface area contributed by atoms with Gasteiger partial charge < -0.3 is 5.11 Å². The third-order valence-corrected chi connectivity index (χ3v) is 4.26. The first-order chi connectivity index (χ1) is 9.49. The summed E-state index contributed by atoms with van der Waals surface area (Å²) in [4.78, 5) is 39.6. The lowest BCUT2D eigenvalue weighted by Gasteiger charge is -2.11. The first-order valence-corrected chi connectivity index (χ1v) is 7.31. The number of nitrogens with zero attached hydrogens (tertiary/aromatic N) is 1. The number of aromatic amines is 1. The number of hydrogen-bond donors (Lipinski definition) is 2. The molecule has 0 aliphatic heterocycles. The number of H-pyrrole nitrogens is 1. The van der Waals surface area contributed by atoms with Crippen LogP contribution in [0.5, 0.6) is 0 Å². The van der Waals surface area contributed by atoms with Crippen LogP contribution in [0.3, 0.4) is 0 Å². The van der Waals surface area contributed by atoms with Gasteiger partial charge in [0, 0.05) is 4.88 Å². The summed E-state index contributed by atoms with van der Waals surface area (Å²) in [6.45, 7) is 3.66. The molecule has 1 unspecified atom stereocenters. The summed E-state index contributed by atoms with van der Waals surface area (Å²) in [5, 5.41) is 9.51. The van der Waals surface area contributed by atoms with Crippen molar-refractivity contribution in [1.29, 1.82) is 0 Å². The number of hydrogen-bond acceptors (Lipinski definition) is 4. The molecule has 7 heteroatoms. The predicted molar refractivity (Wildman–Crippen MR) is 77.7 cm³/mol. The average Bonchev–Trinajstić information content (AvgIpc) is 2.77. The highest BCUT2D eigenvalue weighted by Crippen LogP contribution is 2.22. The minimum Gasteiger partial charge on any atom is -0.480 e. The van der Waals surface area contributed by atoms with Crippen molar-refractivity contribution >= 4 is 27.5 Å². The van der Waals surface area contributed by atoms with Crippen molar-refractivity contribution in [2.45, 2.75) is 39.2 Å². The Balaban J connectivity index is 2.71. The summed E-state index contributed by atoms with van der Waals surface area (Å²) >= 11 is 1.37. The van der Waals surface area contributed by atoms with Gasteiger partial charge in [-0.3, -0.25) is 9.78 Å². The van der Waals surface area contributed by atoms with E-state index in [1.165, 1.54) is 11.3 Å². The topological polar surface area (TPSA) is 92.2 Å². The summed E-state index contributed by atoms with van der Waals surface area (Å²) in [5.41, 5.74) is -1.20. The molecule has 0 saturated carbocycles. The highest BCUT2D eigenvalue weighted by atomic mass is 32.1. The van der Waals surface area contributed by atoms with Crippen molar-refractivity contribution in [3.63, 3.8) is 0 Å². The van der Waals surface area contributed by atoms with E-state index in [2.05, 4.69) is 4.98 Å². The monoisotopic (exact) mass is 296 g/mol. The second-order valence-electron chi connectivity index (χ2n) is 4.57. The number of aromatic nitrogens is 2. The maximum Gasteiger partial charge on any atom is 0.330 e. The van der Waals surface area contributed by atoms with Gasteiger partial charge in [0.2, 0.25) is 0 Å². The van der Waals surface area contributed by atoms with Crippen molar-refractivity contribution in [2.75, 3.05) is 0 Å². The van der Waals surface area contributed by atoms with Gasteiger partial charge in [-0.25, -0.2) is 14.2 Å². The number of fused-ring (bicyclic) bond motifs is 1. The van der Waals surface area contributed by atoms with E-state index >= 15 is 0 Å². The van der Waals surface area contributed by atoms with Crippen molar-refractivity contribution in [3.8, 4) is 0 Å². The van der Waals surface area contributed by atoms with Crippen LogP contribution in [0.1, 0.15) is 37.6 Å². The highest BCUT2D eigenvalue weighted by molar-refractivity contribution is 7.18. The van der Waals surface area contributed by atoms with E-state index < -0.39 is 23.3 Å². The molecule has 0 spiro atoms. The number of nitrogens with one attached hydrogen (secondary N) is 1. The van der Waals surface area contributed by atoms with Gasteiger partial charge in [0.05, 0.1) is 5.39 Å². The fraction of sp³-hybridized carbons (Fsp3) is 0.462. The number of carboxylic acid groups (broad SMARTS) is 1. The number of aliphatic carboxylic acids is 1. The number of carbonyl (C=O) groups is 1. The number of thiophene rings is 1. The van der Waals surface area contributed by atoms with Crippen LogP contribution < -0.4 is 11.2 Å². The van der Waals surface area contributed by atoms with Gasteiger partial charge in [0.15, 0.2) is 0 Å². The Morgan fingerprint density at radius 3 is 2.70 bits per heavy atom. The minimum atomic E-state index is -1.18. The maximum absolute atomic E-state index is 12.4. The van der Waals surface area contributed by atoms with Crippen molar-refractivity contribution in [2.24, 2.45) is 0 Å². The fourth-order valence-electron chi connectivity index (χ4n) is 2.19. The molecule has 108 valence electrons. The second kappa shape index (κ2) is 5.62. The molecule has 20 heavy (non-hydrogen) atoms. The summed E-state index contributed by atoms with van der Waals surface area (Å²) in [7, 11) is 0. The summed E-state index contributed by atoms with van der Waals surface area (Å²) in [6.07, 6.45) is 1.95. The zero-order chi connectivity index (χ0) is 14.9. The van der Waals surface area contributed by atoms with Crippen molar-refractivity contribution < 1.29 is 9.90 Å². The van der Waals surface area contributed by atoms with E-state index in [0.29, 0.717) is 10.2 Å². The number of rotatable bonds is 5. The molecule has 0 bridgehead atoms. The fourth-order valence-corrected chi connectivity index (χ4v) is 3.33. The quantitative estimate of drug-likeness (QED) is 0.879. The Kier molecular flexibility index (Phi) is 4.08. The minimum absolute atomic E-state index is 0.176. The van der Waals surface area contributed by atoms with Gasteiger partial charge in [-0.1, -0.05) is 20.3 Å². The molecule has 2 aromatic rings. The van der Waals surface area contributed by atoms with Crippen LogP contribution in [0.25, 0.3) is 10.2 Å². The Morgan fingerprint density at radius 2 is 2.15 bits per heavy atom. The third-order valence-electron chi connectivity index (χ3n) is 3.15. The van der Waals surface area contributed by atoms with Gasteiger partial charge in [0.25, 0.3) is 5.56 Å². The van der Waals surface area contributed by atoms with Crippen LogP contribution in [0.4, 0.5) is 0 Å². The Morgan fingerprint density at radius 1 is 1.45 bits per heavy atom. The molecule has 0 aliphatic carbocycles. The van der Waals surface area contributed by atoms with Gasteiger partial charge in [-0.2, -0.15) is 0 Å². The zero-order valence-corrected chi connectivity index (χ0v) is 12.1. The maximum atomic E-state index is 12.4. The first kappa shape index (κ1) is 14.5. The van der Waals surface area contributed by atoms with Crippen LogP contribution in [-0.4, -0.2) is 20.6 Å². The number of aryl methyl sites for hydroxylation is 1. The molecule has 1 atom stereocenters. The predicted octanol–water partition coefficient (Wildman–Crippen LogP) is 1.74. The van der Waals surface area contributed by atoms with Crippen LogP contribution in [0, 0.1) is 0 Å². The normalized spacial score (nSPS) is 12.7. The van der Waals surface area contributed by atoms with Gasteiger partial charge in [-0.05, 0) is 18.9 Å². The van der Waals surface area contributed by atoms with Crippen LogP contribution in [-0.2, 0) is 11.2 Å². The lowest BCUT2D eigenvalue weighted by molar-refractivity contribution is -0.141.